The van der Waals surface area contributed by atoms with Gasteiger partial charge in [0, 0.05) is 33.6 Å². The number of rotatable bonds is 8. The molecule has 1 aromatic heterocycles. The number of aromatic nitrogens is 1. The molecule has 0 aliphatic heterocycles. The van der Waals surface area contributed by atoms with Crippen LogP contribution < -0.4 is 5.32 Å². The number of aryl methyl sites for hydroxylation is 1. The number of carbonyl (C=O) groups excluding carboxylic acids is 1. The zero-order valence-electron chi connectivity index (χ0n) is 14.4. The summed E-state index contributed by atoms with van der Waals surface area (Å²) in [6.45, 7) is 2.13. The zero-order valence-corrected chi connectivity index (χ0v) is 16.7. The number of thioether (sulfide) groups is 1. The minimum atomic E-state index is -0.142. The second-order valence-corrected chi connectivity index (χ2v) is 7.63. The minimum absolute atomic E-state index is 0.142. The van der Waals surface area contributed by atoms with Crippen LogP contribution in [-0.2, 0) is 11.2 Å². The van der Waals surface area contributed by atoms with Crippen LogP contribution in [0.5, 0.6) is 0 Å². The van der Waals surface area contributed by atoms with E-state index in [9.17, 15) is 10.1 Å². The Labute approximate surface area is 167 Å². The number of nitrogens with zero attached hydrogens (tertiary/aromatic N) is 2. The van der Waals surface area contributed by atoms with E-state index < -0.39 is 0 Å². The van der Waals surface area contributed by atoms with Gasteiger partial charge in [-0.1, -0.05) is 36.5 Å². The second kappa shape index (κ2) is 10.4. The van der Waals surface area contributed by atoms with Crippen molar-refractivity contribution in [3.63, 3.8) is 0 Å². The average molecular weight is 408 g/mol. The maximum absolute atomic E-state index is 12.1. The normalized spacial score (nSPS) is 10.4. The molecule has 0 saturated heterocycles. The third-order valence-corrected chi connectivity index (χ3v) is 4.97. The van der Waals surface area contributed by atoms with Gasteiger partial charge in [-0.25, -0.2) is 4.98 Å². The van der Waals surface area contributed by atoms with E-state index in [1.165, 1.54) is 11.8 Å². The van der Waals surface area contributed by atoms with Crippen molar-refractivity contribution in [2.24, 2.45) is 0 Å². The molecule has 0 fully saturated rings. The van der Waals surface area contributed by atoms with Crippen molar-refractivity contribution in [2.45, 2.75) is 37.6 Å². The first-order chi connectivity index (χ1) is 12.5. The molecule has 0 radical (unpaired) electrons. The van der Waals surface area contributed by atoms with Crippen LogP contribution in [0.2, 0.25) is 10.0 Å². The van der Waals surface area contributed by atoms with Gasteiger partial charge in [-0.05, 0) is 43.2 Å². The summed E-state index contributed by atoms with van der Waals surface area (Å²) in [6.07, 6.45) is 3.35. The number of carbonyl (C=O) groups is 1. The molecule has 1 heterocycles. The van der Waals surface area contributed by atoms with Gasteiger partial charge in [0.2, 0.25) is 5.91 Å². The first-order valence-electron chi connectivity index (χ1n) is 8.30. The van der Waals surface area contributed by atoms with E-state index in [2.05, 4.69) is 23.3 Å². The molecule has 1 amide bonds. The van der Waals surface area contributed by atoms with Gasteiger partial charge in [0.25, 0.3) is 0 Å². The predicted molar refractivity (Wildman–Crippen MR) is 108 cm³/mol. The van der Waals surface area contributed by atoms with Crippen molar-refractivity contribution < 1.29 is 4.79 Å². The number of nitrogens with one attached hydrogen (secondary N) is 1. The number of hydrogen-bond acceptors (Lipinski definition) is 4. The third kappa shape index (κ3) is 6.53. The highest BCUT2D eigenvalue weighted by atomic mass is 35.5. The van der Waals surface area contributed by atoms with Gasteiger partial charge in [0.15, 0.2) is 0 Å². The summed E-state index contributed by atoms with van der Waals surface area (Å²) in [7, 11) is 0. The molecule has 7 heteroatoms. The van der Waals surface area contributed by atoms with Crippen LogP contribution in [0.3, 0.4) is 0 Å². The molecule has 0 aliphatic carbocycles. The summed E-state index contributed by atoms with van der Waals surface area (Å²) in [5, 5.41) is 13.6. The Morgan fingerprint density at radius 3 is 2.65 bits per heavy atom. The fourth-order valence-electron chi connectivity index (χ4n) is 2.26. The Morgan fingerprint density at radius 2 is 2.00 bits per heavy atom. The lowest BCUT2D eigenvalue weighted by Crippen LogP contribution is -2.12. The average Bonchev–Trinajstić information content (AvgIpc) is 2.59. The Balaban J connectivity index is 1.92. The first kappa shape index (κ1) is 20.6. The smallest absolute Gasteiger partial charge is 0.225 e. The summed E-state index contributed by atoms with van der Waals surface area (Å²) in [5.74, 6) is 0.385. The van der Waals surface area contributed by atoms with Crippen molar-refractivity contribution in [1.82, 2.24) is 4.98 Å². The quantitative estimate of drug-likeness (QED) is 0.567. The summed E-state index contributed by atoms with van der Waals surface area (Å²) in [5.41, 5.74) is 2.08. The van der Waals surface area contributed by atoms with Crippen LogP contribution in [0.4, 0.5) is 5.69 Å². The Kier molecular flexibility index (Phi) is 8.24. The third-order valence-electron chi connectivity index (χ3n) is 3.54. The molecule has 2 aromatic rings. The van der Waals surface area contributed by atoms with Gasteiger partial charge >= 0.3 is 0 Å². The van der Waals surface area contributed by atoms with Crippen LogP contribution >= 0.6 is 35.0 Å². The molecule has 0 aliphatic rings. The molecule has 136 valence electrons. The highest BCUT2D eigenvalue weighted by Gasteiger charge is 2.09. The Morgan fingerprint density at radius 1 is 1.27 bits per heavy atom. The van der Waals surface area contributed by atoms with E-state index in [0.29, 0.717) is 38.5 Å². The van der Waals surface area contributed by atoms with Gasteiger partial charge in [0.1, 0.15) is 11.1 Å². The number of hydrogen-bond donors (Lipinski definition) is 1. The van der Waals surface area contributed by atoms with Crippen LogP contribution in [0.1, 0.15) is 37.4 Å². The van der Waals surface area contributed by atoms with Crippen molar-refractivity contribution in [2.75, 3.05) is 11.1 Å². The van der Waals surface area contributed by atoms with Gasteiger partial charge in [-0.3, -0.25) is 4.79 Å². The molecule has 0 bridgehead atoms. The van der Waals surface area contributed by atoms with Gasteiger partial charge in [-0.15, -0.1) is 11.8 Å². The highest BCUT2D eigenvalue weighted by Crippen LogP contribution is 2.24. The van der Waals surface area contributed by atoms with E-state index in [-0.39, 0.29) is 5.91 Å². The molecule has 4 nitrogen and oxygen atoms in total. The molecule has 2 rings (SSSR count). The van der Waals surface area contributed by atoms with E-state index in [4.69, 9.17) is 23.2 Å². The number of halogens is 2. The molecule has 0 saturated carbocycles. The molecule has 0 atom stereocenters. The van der Waals surface area contributed by atoms with Crippen LogP contribution in [0.15, 0.2) is 35.4 Å². The largest absolute Gasteiger partial charge is 0.326 e. The van der Waals surface area contributed by atoms with Crippen LogP contribution in [-0.4, -0.2) is 16.6 Å². The monoisotopic (exact) mass is 407 g/mol. The fourth-order valence-corrected chi connectivity index (χ4v) is 3.72. The number of anilines is 1. The summed E-state index contributed by atoms with van der Waals surface area (Å²) >= 11 is 13.3. The van der Waals surface area contributed by atoms with Crippen molar-refractivity contribution in [3.05, 3.63) is 51.6 Å². The van der Waals surface area contributed by atoms with Gasteiger partial charge < -0.3 is 5.32 Å². The predicted octanol–water partition coefficient (Wildman–Crippen LogP) is 5.72. The van der Waals surface area contributed by atoms with E-state index in [1.54, 1.807) is 24.3 Å². The Bertz CT molecular complexity index is 801. The molecule has 0 unspecified atom stereocenters. The van der Waals surface area contributed by atoms with Gasteiger partial charge in [0.05, 0.1) is 5.56 Å². The lowest BCUT2D eigenvalue weighted by molar-refractivity contribution is -0.115. The molecule has 1 aromatic carbocycles. The number of pyridine rings is 1. The second-order valence-electron chi connectivity index (χ2n) is 5.68. The summed E-state index contributed by atoms with van der Waals surface area (Å²) < 4.78 is 0. The van der Waals surface area contributed by atoms with Crippen molar-refractivity contribution in [3.8, 4) is 6.07 Å². The number of amides is 1. The number of unbranched alkanes of at least 4 members (excludes halogenated alkanes) is 1. The minimum Gasteiger partial charge on any atom is -0.326 e. The Hall–Kier alpha value is -1.74. The van der Waals surface area contributed by atoms with E-state index >= 15 is 0 Å². The maximum atomic E-state index is 12.1. The molecular formula is C19H19Cl2N3OS. The lowest BCUT2D eigenvalue weighted by Gasteiger charge is -2.08. The first-order valence-corrected chi connectivity index (χ1v) is 10.0. The van der Waals surface area contributed by atoms with Crippen LogP contribution in [0.25, 0.3) is 0 Å². The SMILES string of the molecule is CCCCc1ccc(C#N)c(SCCC(=O)Nc2cc(Cl)cc(Cl)c2)n1. The highest BCUT2D eigenvalue weighted by molar-refractivity contribution is 7.99. The summed E-state index contributed by atoms with van der Waals surface area (Å²) in [4.78, 5) is 16.7. The van der Waals surface area contributed by atoms with E-state index in [1.807, 2.05) is 6.07 Å². The standard InChI is InChI=1S/C19H19Cl2N3OS/c1-2-3-4-16-6-5-13(12-22)19(24-16)26-8-7-18(25)23-17-10-14(20)9-15(21)11-17/h5-6,9-11H,2-4,7-8H2,1H3,(H,23,25). The topological polar surface area (TPSA) is 65.8 Å². The van der Waals surface area contributed by atoms with Crippen molar-refractivity contribution in [1.29, 1.82) is 5.26 Å². The molecule has 1 N–H and O–H groups in total. The fraction of sp³-hybridized carbons (Fsp3) is 0.316. The number of benzene rings is 1. The number of nitriles is 1. The molecule has 26 heavy (non-hydrogen) atoms. The summed E-state index contributed by atoms with van der Waals surface area (Å²) in [6, 6.07) is 10.7. The van der Waals surface area contributed by atoms with E-state index in [0.717, 1.165) is 25.0 Å². The zero-order chi connectivity index (χ0) is 18.9. The molecule has 0 spiro atoms. The maximum Gasteiger partial charge on any atom is 0.225 e. The van der Waals surface area contributed by atoms with Gasteiger partial charge in [-0.2, -0.15) is 5.26 Å². The molecular weight excluding hydrogens is 389 g/mol. The lowest BCUT2D eigenvalue weighted by atomic mass is 10.2. The van der Waals surface area contributed by atoms with Crippen LogP contribution in [0, 0.1) is 11.3 Å². The van der Waals surface area contributed by atoms with Crippen molar-refractivity contribution >= 4 is 46.6 Å².